The summed E-state index contributed by atoms with van der Waals surface area (Å²) < 4.78 is 0.818. The van der Waals surface area contributed by atoms with Gasteiger partial charge < -0.3 is 15.3 Å². The Labute approximate surface area is 147 Å². The summed E-state index contributed by atoms with van der Waals surface area (Å²) in [4.78, 5) is 37.6. The van der Waals surface area contributed by atoms with Gasteiger partial charge >= 0.3 is 5.97 Å². The van der Waals surface area contributed by atoms with E-state index >= 15 is 0 Å². The van der Waals surface area contributed by atoms with Gasteiger partial charge in [-0.05, 0) is 20.8 Å². The third-order valence-corrected chi connectivity index (χ3v) is 6.12. The number of rotatable bonds is 4. The molecular formula is C14H17ClN4O4S. The highest BCUT2D eigenvalue weighted by molar-refractivity contribution is 8.01. The topological polar surface area (TPSA) is 105 Å². The van der Waals surface area contributed by atoms with Crippen molar-refractivity contribution in [2.24, 2.45) is 0 Å². The fourth-order valence-electron chi connectivity index (χ4n) is 3.18. The Bertz CT molecular complexity index is 734. The average Bonchev–Trinajstić information content (AvgIpc) is 2.99. The molecule has 2 aliphatic rings. The number of aromatic nitrogens is 2. The Morgan fingerprint density at radius 3 is 2.75 bits per heavy atom. The number of nitrogens with one attached hydrogen (secondary N) is 1. The lowest BCUT2D eigenvalue weighted by molar-refractivity contribution is -0.159. The van der Waals surface area contributed by atoms with E-state index in [1.807, 2.05) is 6.92 Å². The predicted octanol–water partition coefficient (Wildman–Crippen LogP) is 0.802. The van der Waals surface area contributed by atoms with Gasteiger partial charge in [-0.3, -0.25) is 14.3 Å². The van der Waals surface area contributed by atoms with Gasteiger partial charge in [0.05, 0.1) is 11.2 Å². The third-order valence-electron chi connectivity index (χ3n) is 4.27. The van der Waals surface area contributed by atoms with E-state index in [-0.39, 0.29) is 10.7 Å². The van der Waals surface area contributed by atoms with E-state index in [0.717, 1.165) is 0 Å². The van der Waals surface area contributed by atoms with Crippen LogP contribution < -0.4 is 5.32 Å². The van der Waals surface area contributed by atoms with Crippen LogP contribution in [0.2, 0.25) is 5.02 Å². The first-order valence-electron chi connectivity index (χ1n) is 7.44. The molecule has 8 nitrogen and oxygen atoms in total. The molecule has 24 heavy (non-hydrogen) atoms. The number of nitrogens with zero attached hydrogens (tertiary/aromatic N) is 3. The second-order valence-electron chi connectivity index (χ2n) is 6.21. The Hall–Kier alpha value is -1.74. The lowest BCUT2D eigenvalue weighted by Gasteiger charge is -2.43. The number of aliphatic carboxylic acids is 1. The molecule has 0 spiro atoms. The van der Waals surface area contributed by atoms with Crippen LogP contribution in [0.15, 0.2) is 6.20 Å². The zero-order valence-electron chi connectivity index (χ0n) is 13.3. The summed E-state index contributed by atoms with van der Waals surface area (Å²) in [6.45, 7) is 5.85. The highest BCUT2D eigenvalue weighted by atomic mass is 35.5. The van der Waals surface area contributed by atoms with Gasteiger partial charge in [-0.25, -0.2) is 4.79 Å². The number of β-lactam (4-membered cyclic amide) rings is 1. The molecule has 0 bridgehead atoms. The summed E-state index contributed by atoms with van der Waals surface area (Å²) in [7, 11) is 0. The molecule has 0 saturated carbocycles. The molecule has 0 aromatic carbocycles. The normalized spacial score (nSPS) is 27.6. The molecule has 130 valence electrons. The number of carbonyl (C=O) groups excluding carboxylic acids is 2. The monoisotopic (exact) mass is 372 g/mol. The van der Waals surface area contributed by atoms with Crippen molar-refractivity contribution in [1.82, 2.24) is 20.0 Å². The van der Waals surface area contributed by atoms with Gasteiger partial charge in [-0.2, -0.15) is 5.10 Å². The highest BCUT2D eigenvalue weighted by Gasteiger charge is 2.64. The maximum absolute atomic E-state index is 12.5. The quantitative estimate of drug-likeness (QED) is 0.757. The molecule has 0 radical (unpaired) electrons. The zero-order chi connectivity index (χ0) is 17.8. The van der Waals surface area contributed by atoms with E-state index in [1.165, 1.54) is 27.5 Å². The van der Waals surface area contributed by atoms with E-state index in [0.29, 0.717) is 6.54 Å². The first-order valence-corrected chi connectivity index (χ1v) is 8.69. The molecule has 2 N–H and O–H groups in total. The van der Waals surface area contributed by atoms with Crippen LogP contribution in [0.1, 0.15) is 31.3 Å². The van der Waals surface area contributed by atoms with E-state index < -0.39 is 40.0 Å². The zero-order valence-corrected chi connectivity index (χ0v) is 14.9. The standard InChI is InChI=1S/C14H17ClN4O4S/c1-4-18-8(6(15)5-16-18)10(20)17-7-11(21)19-9(13(22)23)14(2,3)24-12(7)19/h5,7,9,12H,4H2,1-3H3,(H,17,20)(H,22,23)/t7-,9+,12-/m0/s1. The number of carbonyl (C=O) groups is 3. The first-order chi connectivity index (χ1) is 11.2. The number of amides is 2. The van der Waals surface area contributed by atoms with Crippen molar-refractivity contribution >= 4 is 41.1 Å². The number of carboxylic acids is 1. The SMILES string of the molecule is CCn1ncc(Cl)c1C(=O)N[C@H]1C(=O)N2[C@H]1SC(C)(C)[C@H]2C(=O)O. The molecule has 0 aliphatic carbocycles. The number of carboxylic acid groups (broad SMARTS) is 1. The van der Waals surface area contributed by atoms with Crippen molar-refractivity contribution in [3.05, 3.63) is 16.9 Å². The minimum atomic E-state index is -1.04. The fraction of sp³-hybridized carbons (Fsp3) is 0.571. The highest BCUT2D eigenvalue weighted by Crippen LogP contribution is 2.50. The summed E-state index contributed by atoms with van der Waals surface area (Å²) in [6.07, 6.45) is 1.38. The molecule has 10 heteroatoms. The van der Waals surface area contributed by atoms with Crippen molar-refractivity contribution in [3.8, 4) is 0 Å². The number of fused-ring (bicyclic) bond motifs is 1. The molecule has 0 unspecified atom stereocenters. The minimum absolute atomic E-state index is 0.197. The van der Waals surface area contributed by atoms with Crippen molar-refractivity contribution < 1.29 is 19.5 Å². The Morgan fingerprint density at radius 1 is 1.50 bits per heavy atom. The molecule has 1 aromatic heterocycles. The summed E-state index contributed by atoms with van der Waals surface area (Å²) in [5, 5.41) is 15.9. The number of aryl methyl sites for hydroxylation is 1. The van der Waals surface area contributed by atoms with E-state index in [4.69, 9.17) is 11.6 Å². The summed E-state index contributed by atoms with van der Waals surface area (Å²) in [5.74, 6) is -1.92. The van der Waals surface area contributed by atoms with Gasteiger partial charge in [0.1, 0.15) is 23.2 Å². The smallest absolute Gasteiger partial charge is 0.327 e. The van der Waals surface area contributed by atoms with E-state index in [2.05, 4.69) is 10.4 Å². The second kappa shape index (κ2) is 5.66. The van der Waals surface area contributed by atoms with Crippen molar-refractivity contribution in [3.63, 3.8) is 0 Å². The molecule has 2 amide bonds. The molecule has 2 saturated heterocycles. The van der Waals surface area contributed by atoms with Crippen LogP contribution in [-0.2, 0) is 16.1 Å². The third kappa shape index (κ3) is 2.37. The Balaban J connectivity index is 1.79. The number of hydrogen-bond donors (Lipinski definition) is 2. The maximum atomic E-state index is 12.5. The van der Waals surface area contributed by atoms with Crippen molar-refractivity contribution in [2.75, 3.05) is 0 Å². The molecule has 2 fully saturated rings. The summed E-state index contributed by atoms with van der Waals surface area (Å²) in [5.41, 5.74) is 0.197. The van der Waals surface area contributed by atoms with Gasteiger partial charge in [0.2, 0.25) is 5.91 Å². The van der Waals surface area contributed by atoms with Gasteiger partial charge in [0.15, 0.2) is 0 Å². The first kappa shape index (κ1) is 17.1. The van der Waals surface area contributed by atoms with Gasteiger partial charge in [-0.15, -0.1) is 11.8 Å². The molecular weight excluding hydrogens is 356 g/mol. The van der Waals surface area contributed by atoms with Crippen LogP contribution in [0.4, 0.5) is 0 Å². The van der Waals surface area contributed by atoms with Crippen molar-refractivity contribution in [1.29, 1.82) is 0 Å². The van der Waals surface area contributed by atoms with Crippen LogP contribution in [0.5, 0.6) is 0 Å². The summed E-state index contributed by atoms with van der Waals surface area (Å²) >= 11 is 7.37. The second-order valence-corrected chi connectivity index (χ2v) is 8.38. The van der Waals surface area contributed by atoms with Crippen LogP contribution in [0, 0.1) is 0 Å². The van der Waals surface area contributed by atoms with Crippen LogP contribution in [0.3, 0.4) is 0 Å². The van der Waals surface area contributed by atoms with Gasteiger partial charge in [0.25, 0.3) is 5.91 Å². The van der Waals surface area contributed by atoms with Crippen LogP contribution >= 0.6 is 23.4 Å². The molecule has 3 heterocycles. The molecule has 3 atom stereocenters. The maximum Gasteiger partial charge on any atom is 0.327 e. The lowest BCUT2D eigenvalue weighted by Crippen LogP contribution is -2.70. The average molecular weight is 373 g/mol. The summed E-state index contributed by atoms with van der Waals surface area (Å²) in [6, 6.07) is -1.67. The van der Waals surface area contributed by atoms with E-state index in [1.54, 1.807) is 13.8 Å². The number of hydrogen-bond acceptors (Lipinski definition) is 5. The van der Waals surface area contributed by atoms with E-state index in [9.17, 15) is 19.5 Å². The molecule has 1 aromatic rings. The molecule has 2 aliphatic heterocycles. The Kier molecular flexibility index (Phi) is 4.03. The largest absolute Gasteiger partial charge is 0.480 e. The predicted molar refractivity (Wildman–Crippen MR) is 87.9 cm³/mol. The van der Waals surface area contributed by atoms with Crippen LogP contribution in [0.25, 0.3) is 0 Å². The lowest BCUT2D eigenvalue weighted by atomic mass is 9.96. The van der Waals surface area contributed by atoms with Crippen molar-refractivity contribution in [2.45, 2.75) is 49.5 Å². The fourth-order valence-corrected chi connectivity index (χ4v) is 5.04. The van der Waals surface area contributed by atoms with Gasteiger partial charge in [-0.1, -0.05) is 11.6 Å². The molecule has 3 rings (SSSR count). The van der Waals surface area contributed by atoms with Gasteiger partial charge in [0, 0.05) is 11.3 Å². The number of halogens is 1. The number of thioether (sulfide) groups is 1. The minimum Gasteiger partial charge on any atom is -0.480 e. The Morgan fingerprint density at radius 2 is 2.17 bits per heavy atom. The van der Waals surface area contributed by atoms with Crippen LogP contribution in [-0.4, -0.2) is 59.8 Å².